The monoisotopic (exact) mass is 352 g/mol. The Kier molecular flexibility index (Phi) is 5.56. The van der Waals surface area contributed by atoms with Crippen molar-refractivity contribution in [2.45, 2.75) is 19.8 Å². The van der Waals surface area contributed by atoms with Gasteiger partial charge in [0.15, 0.2) is 0 Å². The van der Waals surface area contributed by atoms with Crippen LogP contribution in [0.5, 0.6) is 5.75 Å². The van der Waals surface area contributed by atoms with Gasteiger partial charge in [-0.1, -0.05) is 31.2 Å². The van der Waals surface area contributed by atoms with Crippen molar-refractivity contribution < 1.29 is 14.3 Å². The van der Waals surface area contributed by atoms with Gasteiger partial charge in [-0.05, 0) is 43.0 Å². The predicted octanol–water partition coefficient (Wildman–Crippen LogP) is 3.82. The van der Waals surface area contributed by atoms with E-state index in [1.54, 1.807) is 30.3 Å². The number of likely N-dealkylation sites (tertiary alicyclic amines) is 1. The zero-order valence-electron chi connectivity index (χ0n) is 15.2. The van der Waals surface area contributed by atoms with E-state index >= 15 is 0 Å². The number of carbonyl (C=O) groups excluding carboxylic acids is 2. The first-order valence-electron chi connectivity index (χ1n) is 8.93. The molecule has 0 unspecified atom stereocenters. The van der Waals surface area contributed by atoms with Crippen LogP contribution in [-0.2, 0) is 0 Å². The molecule has 0 bridgehead atoms. The number of anilines is 1. The predicted molar refractivity (Wildman–Crippen MR) is 102 cm³/mol. The molecule has 0 aliphatic carbocycles. The number of benzene rings is 2. The number of para-hydroxylation sites is 2. The minimum atomic E-state index is -0.296. The zero-order valence-corrected chi connectivity index (χ0v) is 15.2. The van der Waals surface area contributed by atoms with Crippen LogP contribution in [0.4, 0.5) is 5.69 Å². The molecule has 1 N–H and O–H groups in total. The average Bonchev–Trinajstić information content (AvgIpc) is 2.68. The summed E-state index contributed by atoms with van der Waals surface area (Å²) in [6.45, 7) is 3.73. The molecule has 5 nitrogen and oxygen atoms in total. The number of nitrogens with zero attached hydrogens (tertiary/aromatic N) is 1. The second kappa shape index (κ2) is 8.04. The lowest BCUT2D eigenvalue weighted by molar-refractivity contribution is 0.0698. The number of ether oxygens (including phenoxy) is 1. The van der Waals surface area contributed by atoms with Crippen molar-refractivity contribution in [2.75, 3.05) is 25.5 Å². The van der Waals surface area contributed by atoms with Crippen molar-refractivity contribution in [1.29, 1.82) is 0 Å². The summed E-state index contributed by atoms with van der Waals surface area (Å²) in [4.78, 5) is 27.5. The molecule has 0 atom stereocenters. The van der Waals surface area contributed by atoms with E-state index in [0.29, 0.717) is 28.5 Å². The maximum atomic E-state index is 12.9. The summed E-state index contributed by atoms with van der Waals surface area (Å²) in [5.41, 5.74) is 1.47. The number of rotatable bonds is 4. The van der Waals surface area contributed by atoms with Crippen molar-refractivity contribution in [1.82, 2.24) is 4.90 Å². The maximum Gasteiger partial charge on any atom is 0.259 e. The first kappa shape index (κ1) is 18.0. The number of nitrogens with one attached hydrogen (secondary N) is 1. The Morgan fingerprint density at radius 1 is 1.00 bits per heavy atom. The lowest BCUT2D eigenvalue weighted by atomic mass is 9.98. The number of methoxy groups -OCH3 is 1. The fourth-order valence-electron chi connectivity index (χ4n) is 3.18. The summed E-state index contributed by atoms with van der Waals surface area (Å²) in [5, 5.41) is 2.86. The highest BCUT2D eigenvalue weighted by molar-refractivity contribution is 6.10. The molecule has 1 aliphatic rings. The molecule has 0 radical (unpaired) electrons. The molecule has 1 heterocycles. The van der Waals surface area contributed by atoms with Crippen molar-refractivity contribution >= 4 is 17.5 Å². The number of piperidine rings is 1. The van der Waals surface area contributed by atoms with Crippen molar-refractivity contribution in [3.8, 4) is 5.75 Å². The fraction of sp³-hybridized carbons (Fsp3) is 0.333. The molecular weight excluding hydrogens is 328 g/mol. The Labute approximate surface area is 154 Å². The normalized spacial score (nSPS) is 14.8. The second-order valence-corrected chi connectivity index (χ2v) is 6.67. The SMILES string of the molecule is COc1ccccc1C(=O)Nc1ccccc1C(=O)N1CCC(C)CC1. The van der Waals surface area contributed by atoms with Gasteiger partial charge in [-0.3, -0.25) is 9.59 Å². The van der Waals surface area contributed by atoms with E-state index in [4.69, 9.17) is 4.74 Å². The van der Waals surface area contributed by atoms with Crippen LogP contribution in [0, 0.1) is 5.92 Å². The molecule has 1 fully saturated rings. The smallest absolute Gasteiger partial charge is 0.259 e. The van der Waals surface area contributed by atoms with Gasteiger partial charge in [0.2, 0.25) is 0 Å². The van der Waals surface area contributed by atoms with Gasteiger partial charge in [-0.2, -0.15) is 0 Å². The van der Waals surface area contributed by atoms with Gasteiger partial charge in [0.25, 0.3) is 11.8 Å². The quantitative estimate of drug-likeness (QED) is 0.910. The highest BCUT2D eigenvalue weighted by Crippen LogP contribution is 2.24. The largest absolute Gasteiger partial charge is 0.496 e. The van der Waals surface area contributed by atoms with Crippen molar-refractivity contribution in [2.24, 2.45) is 5.92 Å². The number of hydrogen-bond donors (Lipinski definition) is 1. The van der Waals surface area contributed by atoms with E-state index in [-0.39, 0.29) is 11.8 Å². The summed E-state index contributed by atoms with van der Waals surface area (Å²) in [5.74, 6) is 0.821. The molecule has 1 saturated heterocycles. The van der Waals surface area contributed by atoms with Crippen LogP contribution in [0.15, 0.2) is 48.5 Å². The molecule has 0 aromatic heterocycles. The van der Waals surface area contributed by atoms with E-state index in [0.717, 1.165) is 25.9 Å². The third-order valence-corrected chi connectivity index (χ3v) is 4.83. The molecule has 0 saturated carbocycles. The first-order chi connectivity index (χ1) is 12.6. The van der Waals surface area contributed by atoms with E-state index in [1.165, 1.54) is 7.11 Å². The van der Waals surface area contributed by atoms with Crippen LogP contribution in [0.25, 0.3) is 0 Å². The first-order valence-corrected chi connectivity index (χ1v) is 8.93. The van der Waals surface area contributed by atoms with Crippen molar-refractivity contribution in [3.63, 3.8) is 0 Å². The molecule has 3 rings (SSSR count). The molecule has 2 aromatic rings. The van der Waals surface area contributed by atoms with Crippen LogP contribution >= 0.6 is 0 Å². The Bertz CT molecular complexity index is 795. The summed E-state index contributed by atoms with van der Waals surface area (Å²) < 4.78 is 5.25. The molecule has 2 aromatic carbocycles. The summed E-state index contributed by atoms with van der Waals surface area (Å²) in [7, 11) is 1.53. The highest BCUT2D eigenvalue weighted by Gasteiger charge is 2.24. The third-order valence-electron chi connectivity index (χ3n) is 4.83. The van der Waals surface area contributed by atoms with E-state index in [2.05, 4.69) is 12.2 Å². The minimum absolute atomic E-state index is 0.0344. The van der Waals surface area contributed by atoms with Crippen molar-refractivity contribution in [3.05, 3.63) is 59.7 Å². The average molecular weight is 352 g/mol. The molecule has 2 amide bonds. The number of amides is 2. The lowest BCUT2D eigenvalue weighted by Crippen LogP contribution is -2.38. The molecular formula is C21H24N2O3. The van der Waals surface area contributed by atoms with Gasteiger partial charge in [0.05, 0.1) is 23.9 Å². The Hall–Kier alpha value is -2.82. The van der Waals surface area contributed by atoms with Crippen LogP contribution in [0.3, 0.4) is 0 Å². The maximum absolute atomic E-state index is 12.9. The van der Waals surface area contributed by atoms with Gasteiger partial charge in [-0.15, -0.1) is 0 Å². The highest BCUT2D eigenvalue weighted by atomic mass is 16.5. The van der Waals surface area contributed by atoms with E-state index in [1.807, 2.05) is 23.1 Å². The zero-order chi connectivity index (χ0) is 18.5. The molecule has 5 heteroatoms. The Morgan fingerprint density at radius 3 is 2.31 bits per heavy atom. The topological polar surface area (TPSA) is 58.6 Å². The molecule has 0 spiro atoms. The van der Waals surface area contributed by atoms with Crippen LogP contribution in [0.2, 0.25) is 0 Å². The summed E-state index contributed by atoms with van der Waals surface area (Å²) in [6.07, 6.45) is 2.03. The lowest BCUT2D eigenvalue weighted by Gasteiger charge is -2.30. The van der Waals surface area contributed by atoms with Gasteiger partial charge in [0.1, 0.15) is 5.75 Å². The third kappa shape index (κ3) is 3.87. The standard InChI is InChI=1S/C21H24N2O3/c1-15-11-13-23(14-12-15)21(25)16-7-3-5-9-18(16)22-20(24)17-8-4-6-10-19(17)26-2/h3-10,15H,11-14H2,1-2H3,(H,22,24). The van der Waals surface area contributed by atoms with E-state index < -0.39 is 0 Å². The Morgan fingerprint density at radius 2 is 1.62 bits per heavy atom. The van der Waals surface area contributed by atoms with Crippen LogP contribution in [0.1, 0.15) is 40.5 Å². The van der Waals surface area contributed by atoms with Crippen LogP contribution in [-0.4, -0.2) is 36.9 Å². The van der Waals surface area contributed by atoms with Gasteiger partial charge >= 0.3 is 0 Å². The molecule has 136 valence electrons. The Balaban J connectivity index is 1.81. The second-order valence-electron chi connectivity index (χ2n) is 6.67. The fourth-order valence-corrected chi connectivity index (χ4v) is 3.18. The van der Waals surface area contributed by atoms with Gasteiger partial charge in [-0.25, -0.2) is 0 Å². The number of carbonyl (C=O) groups is 2. The number of hydrogen-bond acceptors (Lipinski definition) is 3. The van der Waals surface area contributed by atoms with Gasteiger partial charge < -0.3 is 15.0 Å². The van der Waals surface area contributed by atoms with E-state index in [9.17, 15) is 9.59 Å². The summed E-state index contributed by atoms with van der Waals surface area (Å²) in [6, 6.07) is 14.2. The minimum Gasteiger partial charge on any atom is -0.496 e. The van der Waals surface area contributed by atoms with Gasteiger partial charge in [0, 0.05) is 13.1 Å². The van der Waals surface area contributed by atoms with Crippen LogP contribution < -0.4 is 10.1 Å². The summed E-state index contributed by atoms with van der Waals surface area (Å²) >= 11 is 0. The molecule has 1 aliphatic heterocycles. The molecule has 26 heavy (non-hydrogen) atoms.